The zero-order valence-electron chi connectivity index (χ0n) is 18.9. The van der Waals surface area contributed by atoms with Crippen LogP contribution in [0.3, 0.4) is 0 Å². The van der Waals surface area contributed by atoms with Gasteiger partial charge in [0, 0.05) is 0 Å². The summed E-state index contributed by atoms with van der Waals surface area (Å²) >= 11 is 0.170. The topological polar surface area (TPSA) is 53.5 Å². The molecule has 0 aliphatic heterocycles. The van der Waals surface area contributed by atoms with Crippen molar-refractivity contribution in [1.82, 2.24) is 14.8 Å². The number of carbonyl (C=O) groups is 2. The number of rotatable bonds is 9. The van der Waals surface area contributed by atoms with Crippen LogP contribution in [0.2, 0.25) is 5.32 Å². The number of carbonyl (C=O) groups excluding carboxylic acids is 2. The molecule has 0 N–H and O–H groups in total. The predicted molar refractivity (Wildman–Crippen MR) is 118 cm³/mol. The van der Waals surface area contributed by atoms with Crippen LogP contribution in [0.15, 0.2) is 12.1 Å². The SMILES string of the molecule is CCC[Se]c1ccc(C(=O)N(C(C)C)C(C)C)nc1C(=O)N(C(C)C)C(C)C. The summed E-state index contributed by atoms with van der Waals surface area (Å²) in [7, 11) is 0. The summed E-state index contributed by atoms with van der Waals surface area (Å²) in [5, 5.41) is 1.05. The van der Waals surface area contributed by atoms with Gasteiger partial charge in [-0.25, -0.2) is 0 Å². The average Bonchev–Trinajstić information content (AvgIpc) is 2.58. The Morgan fingerprint density at radius 2 is 1.32 bits per heavy atom. The van der Waals surface area contributed by atoms with Crippen LogP contribution in [0.5, 0.6) is 0 Å². The van der Waals surface area contributed by atoms with Crippen LogP contribution < -0.4 is 4.46 Å². The molecular weight excluding hydrogens is 417 g/mol. The summed E-state index contributed by atoms with van der Waals surface area (Å²) in [5.41, 5.74) is 0.809. The van der Waals surface area contributed by atoms with Crippen LogP contribution in [-0.2, 0) is 0 Å². The van der Waals surface area contributed by atoms with Gasteiger partial charge in [-0.2, -0.15) is 0 Å². The van der Waals surface area contributed by atoms with Crippen LogP contribution in [0, 0.1) is 0 Å². The maximum atomic E-state index is 13.4. The van der Waals surface area contributed by atoms with E-state index in [1.54, 1.807) is 6.07 Å². The van der Waals surface area contributed by atoms with Gasteiger partial charge in [-0.3, -0.25) is 0 Å². The number of nitrogens with zero attached hydrogens (tertiary/aromatic N) is 3. The normalized spacial score (nSPS) is 11.6. The molecule has 0 unspecified atom stereocenters. The Hall–Kier alpha value is -1.39. The molecule has 0 fully saturated rings. The molecule has 0 saturated heterocycles. The number of hydrogen-bond acceptors (Lipinski definition) is 3. The van der Waals surface area contributed by atoms with Gasteiger partial charge in [0.15, 0.2) is 0 Å². The van der Waals surface area contributed by atoms with Gasteiger partial charge in [0.25, 0.3) is 0 Å². The average molecular weight is 455 g/mol. The standard InChI is InChI=1S/C22H37N3O2Se/c1-10-13-28-19-12-11-18(21(26)24(14(2)3)15(4)5)23-20(19)22(27)25(16(6)7)17(8)9/h11-12,14-17H,10,13H2,1-9H3. The second kappa shape index (κ2) is 11.0. The molecule has 0 saturated carbocycles. The molecule has 0 aliphatic carbocycles. The molecule has 0 bridgehead atoms. The Balaban J connectivity index is 3.44. The maximum absolute atomic E-state index is 13.4. The number of hydrogen-bond donors (Lipinski definition) is 0. The first-order valence-electron chi connectivity index (χ1n) is 10.3. The van der Waals surface area contributed by atoms with Crippen LogP contribution in [0.4, 0.5) is 0 Å². The quantitative estimate of drug-likeness (QED) is 0.534. The van der Waals surface area contributed by atoms with Crippen molar-refractivity contribution in [3.63, 3.8) is 0 Å². The van der Waals surface area contributed by atoms with Gasteiger partial charge in [-0.1, -0.05) is 0 Å². The third-order valence-corrected chi connectivity index (χ3v) is 7.06. The van der Waals surface area contributed by atoms with Crippen molar-refractivity contribution in [2.75, 3.05) is 0 Å². The van der Waals surface area contributed by atoms with E-state index in [1.165, 1.54) is 0 Å². The van der Waals surface area contributed by atoms with Crippen molar-refractivity contribution in [2.45, 2.75) is 98.2 Å². The van der Waals surface area contributed by atoms with Crippen LogP contribution in [0.1, 0.15) is 89.7 Å². The molecule has 1 heterocycles. The molecule has 5 nitrogen and oxygen atoms in total. The zero-order chi connectivity index (χ0) is 21.6. The van der Waals surface area contributed by atoms with E-state index in [4.69, 9.17) is 0 Å². The minimum absolute atomic E-state index is 0.0697. The first-order chi connectivity index (χ1) is 13.0. The Kier molecular flexibility index (Phi) is 9.65. The molecule has 28 heavy (non-hydrogen) atoms. The van der Waals surface area contributed by atoms with Crippen molar-refractivity contribution in [3.05, 3.63) is 23.5 Å². The fourth-order valence-corrected chi connectivity index (χ4v) is 5.23. The van der Waals surface area contributed by atoms with E-state index in [1.807, 2.05) is 71.3 Å². The van der Waals surface area contributed by atoms with E-state index in [0.717, 1.165) is 16.2 Å². The van der Waals surface area contributed by atoms with E-state index >= 15 is 0 Å². The fraction of sp³-hybridized carbons (Fsp3) is 0.682. The summed E-state index contributed by atoms with van der Waals surface area (Å²) in [6, 6.07) is 4.02. The van der Waals surface area contributed by atoms with Crippen molar-refractivity contribution in [1.29, 1.82) is 0 Å². The van der Waals surface area contributed by atoms with E-state index < -0.39 is 0 Å². The molecule has 0 spiro atoms. The second-order valence-corrected chi connectivity index (χ2v) is 10.6. The Morgan fingerprint density at radius 1 is 0.857 bits per heavy atom. The molecule has 1 rings (SSSR count). The molecule has 0 aliphatic rings. The monoisotopic (exact) mass is 455 g/mol. The van der Waals surface area contributed by atoms with Crippen LogP contribution in [-0.4, -0.2) is 65.7 Å². The summed E-state index contributed by atoms with van der Waals surface area (Å²) < 4.78 is 0.989. The first kappa shape index (κ1) is 24.6. The third-order valence-electron chi connectivity index (χ3n) is 4.44. The summed E-state index contributed by atoms with van der Waals surface area (Å²) in [4.78, 5) is 34.8. The number of pyridine rings is 1. The zero-order valence-corrected chi connectivity index (χ0v) is 20.7. The van der Waals surface area contributed by atoms with Gasteiger partial charge >= 0.3 is 177 Å². The van der Waals surface area contributed by atoms with Gasteiger partial charge in [-0.15, -0.1) is 0 Å². The molecule has 6 heteroatoms. The van der Waals surface area contributed by atoms with Gasteiger partial charge in [-0.05, 0) is 0 Å². The predicted octanol–water partition coefficient (Wildman–Crippen LogP) is 3.76. The van der Waals surface area contributed by atoms with E-state index in [-0.39, 0.29) is 50.9 Å². The molecule has 0 radical (unpaired) electrons. The van der Waals surface area contributed by atoms with Gasteiger partial charge in [0.1, 0.15) is 0 Å². The third kappa shape index (κ3) is 6.05. The van der Waals surface area contributed by atoms with Crippen LogP contribution >= 0.6 is 0 Å². The molecule has 158 valence electrons. The van der Waals surface area contributed by atoms with Crippen molar-refractivity contribution < 1.29 is 9.59 Å². The fourth-order valence-electron chi connectivity index (χ4n) is 3.43. The summed E-state index contributed by atoms with van der Waals surface area (Å²) in [5.74, 6) is -0.192. The molecular formula is C22H37N3O2Se. The first-order valence-corrected chi connectivity index (χ1v) is 12.4. The van der Waals surface area contributed by atoms with Crippen molar-refractivity contribution in [3.8, 4) is 0 Å². The second-order valence-electron chi connectivity index (χ2n) is 8.19. The van der Waals surface area contributed by atoms with Crippen LogP contribution in [0.25, 0.3) is 0 Å². The molecule has 2 amide bonds. The molecule has 1 aromatic rings. The minimum atomic E-state index is -0.116. The van der Waals surface area contributed by atoms with Gasteiger partial charge < -0.3 is 0 Å². The Morgan fingerprint density at radius 3 is 1.75 bits per heavy atom. The van der Waals surface area contributed by atoms with Crippen molar-refractivity contribution in [2.24, 2.45) is 0 Å². The van der Waals surface area contributed by atoms with E-state index in [0.29, 0.717) is 11.4 Å². The van der Waals surface area contributed by atoms with Gasteiger partial charge in [0.2, 0.25) is 0 Å². The van der Waals surface area contributed by atoms with E-state index in [2.05, 4.69) is 11.9 Å². The Labute approximate surface area is 177 Å². The van der Waals surface area contributed by atoms with Gasteiger partial charge in [0.05, 0.1) is 0 Å². The molecule has 0 atom stereocenters. The number of aromatic nitrogens is 1. The molecule has 1 aromatic heterocycles. The summed E-state index contributed by atoms with van der Waals surface area (Å²) in [6.45, 7) is 18.2. The number of amides is 2. The summed E-state index contributed by atoms with van der Waals surface area (Å²) in [6.07, 6.45) is 1.07. The van der Waals surface area contributed by atoms with Crippen molar-refractivity contribution >= 4 is 31.2 Å². The Bertz CT molecular complexity index is 656. The van der Waals surface area contributed by atoms with E-state index in [9.17, 15) is 9.59 Å². The molecule has 0 aromatic carbocycles.